The average Bonchev–Trinajstić information content (AvgIpc) is 3.06. The number of likely N-dealkylation sites (tertiary alicyclic amines) is 1. The number of piperazine rings is 1. The second-order valence-corrected chi connectivity index (χ2v) is 8.39. The van der Waals surface area contributed by atoms with E-state index in [1.807, 2.05) is 0 Å². The number of quaternary nitrogens is 1. The highest BCUT2D eigenvalue weighted by molar-refractivity contribution is 5.91. The molecule has 1 unspecified atom stereocenters. The van der Waals surface area contributed by atoms with Crippen LogP contribution in [0.2, 0.25) is 0 Å². The minimum Gasteiger partial charge on any atom is -0.312 e. The second kappa shape index (κ2) is 9.19. The number of amides is 3. The van der Waals surface area contributed by atoms with E-state index in [1.54, 1.807) is 19.2 Å². The molecule has 0 radical (unpaired) electrons. The molecular formula is C21H23F4N6O2+. The van der Waals surface area contributed by atoms with E-state index in [0.29, 0.717) is 24.4 Å². The van der Waals surface area contributed by atoms with E-state index in [4.69, 9.17) is 5.41 Å². The highest BCUT2D eigenvalue weighted by Gasteiger charge is 2.43. The molecule has 2 heterocycles. The quantitative estimate of drug-likeness (QED) is 0.466. The highest BCUT2D eigenvalue weighted by atomic mass is 19.3. The Bertz CT molecular complexity index is 1070. The smallest absolute Gasteiger partial charge is 0.312 e. The van der Waals surface area contributed by atoms with Crippen LogP contribution in [0.3, 0.4) is 0 Å². The summed E-state index contributed by atoms with van der Waals surface area (Å²) in [5.74, 6) is -3.50. The molecule has 2 saturated heterocycles. The van der Waals surface area contributed by atoms with Crippen molar-refractivity contribution in [1.82, 2.24) is 9.80 Å². The molecule has 3 amide bonds. The molecule has 2 atom stereocenters. The van der Waals surface area contributed by atoms with Gasteiger partial charge >= 0.3 is 6.03 Å². The first kappa shape index (κ1) is 24.2. The molecule has 1 aromatic rings. The Labute approximate surface area is 187 Å². The molecule has 12 heteroatoms. The summed E-state index contributed by atoms with van der Waals surface area (Å²) in [6.07, 6.45) is -2.26. The van der Waals surface area contributed by atoms with Crippen molar-refractivity contribution in [3.8, 4) is 6.07 Å². The maximum absolute atomic E-state index is 13.7. The van der Waals surface area contributed by atoms with Crippen molar-refractivity contribution in [2.45, 2.75) is 32.7 Å². The van der Waals surface area contributed by atoms with Crippen molar-refractivity contribution < 1.29 is 32.5 Å². The number of allylic oxidation sites excluding steroid dienone is 1. The Morgan fingerprint density at radius 1 is 1.42 bits per heavy atom. The first-order valence-electron chi connectivity index (χ1n) is 10.1. The fraction of sp³-hybridized carbons (Fsp3) is 0.429. The SMILES string of the molecule is C[C@H]1C[NH2+]/C(=C(\C=N)N2CC(C)(C#N)CC2=O)CN1C(=O)Nc1cc(F)c(F)c(C(F)F)c1. The third-order valence-electron chi connectivity index (χ3n) is 5.76. The van der Waals surface area contributed by atoms with Gasteiger partial charge in [-0.3, -0.25) is 4.79 Å². The molecule has 0 bridgehead atoms. The number of nitrogens with two attached hydrogens (primary N) is 1. The molecule has 0 spiro atoms. The van der Waals surface area contributed by atoms with Crippen molar-refractivity contribution in [2.24, 2.45) is 5.41 Å². The van der Waals surface area contributed by atoms with Gasteiger partial charge in [-0.2, -0.15) is 5.26 Å². The lowest BCUT2D eigenvalue weighted by Gasteiger charge is -2.34. The number of nitrogens with one attached hydrogen (secondary N) is 2. The van der Waals surface area contributed by atoms with Crippen molar-refractivity contribution in [1.29, 1.82) is 10.7 Å². The summed E-state index contributed by atoms with van der Waals surface area (Å²) < 4.78 is 53.2. The number of hydrogen-bond donors (Lipinski definition) is 3. The van der Waals surface area contributed by atoms with Crippen molar-refractivity contribution in [2.75, 3.05) is 25.0 Å². The van der Waals surface area contributed by atoms with Crippen LogP contribution in [0.1, 0.15) is 32.3 Å². The van der Waals surface area contributed by atoms with E-state index < -0.39 is 35.1 Å². The Morgan fingerprint density at radius 2 is 2.12 bits per heavy atom. The standard InChI is InChI=1S/C21H22F4N6O2/c1-11-7-28-15(16(6-26)31-10-21(2,9-27)5-17(31)32)8-30(11)20(33)29-12-3-13(19(24)25)18(23)14(22)4-12/h3-4,6,11,19,26,28H,5,7-8,10H2,1-2H3,(H,29,33)/p+1/b16-15+,26-6?/t11-,21?/m0/s1. The van der Waals surface area contributed by atoms with Crippen LogP contribution in [-0.2, 0) is 4.79 Å². The summed E-state index contributed by atoms with van der Waals surface area (Å²) in [6.45, 7) is 3.85. The summed E-state index contributed by atoms with van der Waals surface area (Å²) in [4.78, 5) is 28.0. The number of alkyl halides is 2. The lowest BCUT2D eigenvalue weighted by Crippen LogP contribution is -2.90. The van der Waals surface area contributed by atoms with Gasteiger partial charge in [-0.1, -0.05) is 0 Å². The van der Waals surface area contributed by atoms with Crippen molar-refractivity contribution in [3.63, 3.8) is 0 Å². The van der Waals surface area contributed by atoms with E-state index in [2.05, 4.69) is 11.4 Å². The van der Waals surface area contributed by atoms with E-state index in [0.717, 1.165) is 6.21 Å². The van der Waals surface area contributed by atoms with Crippen LogP contribution in [0, 0.1) is 33.8 Å². The minimum atomic E-state index is -3.26. The third-order valence-corrected chi connectivity index (χ3v) is 5.76. The van der Waals surface area contributed by atoms with Crippen LogP contribution < -0.4 is 10.6 Å². The number of halogens is 4. The lowest BCUT2D eigenvalue weighted by atomic mass is 9.92. The largest absolute Gasteiger partial charge is 0.322 e. The summed E-state index contributed by atoms with van der Waals surface area (Å²) >= 11 is 0. The number of anilines is 1. The third kappa shape index (κ3) is 4.83. The highest BCUT2D eigenvalue weighted by Crippen LogP contribution is 2.32. The van der Waals surface area contributed by atoms with Gasteiger partial charge in [0.15, 0.2) is 17.3 Å². The number of urea groups is 1. The number of carbonyl (C=O) groups is 2. The molecular weight excluding hydrogens is 444 g/mol. The molecule has 2 aliphatic rings. The molecule has 0 aromatic heterocycles. The fourth-order valence-corrected chi connectivity index (χ4v) is 3.90. The zero-order valence-corrected chi connectivity index (χ0v) is 18.0. The van der Waals surface area contributed by atoms with Crippen LogP contribution >= 0.6 is 0 Å². The molecule has 1 aromatic carbocycles. The number of benzene rings is 1. The van der Waals surface area contributed by atoms with Gasteiger partial charge in [-0.25, -0.2) is 22.4 Å². The predicted octanol–water partition coefficient (Wildman–Crippen LogP) is 2.33. The molecule has 33 heavy (non-hydrogen) atoms. The number of hydrogen-bond acceptors (Lipinski definition) is 4. The van der Waals surface area contributed by atoms with Crippen molar-refractivity contribution >= 4 is 23.8 Å². The van der Waals surface area contributed by atoms with E-state index in [1.165, 1.54) is 9.80 Å². The van der Waals surface area contributed by atoms with E-state index in [-0.39, 0.29) is 42.8 Å². The van der Waals surface area contributed by atoms with Gasteiger partial charge in [0.25, 0.3) is 6.43 Å². The number of rotatable bonds is 4. The number of nitrogens with zero attached hydrogens (tertiary/aromatic N) is 3. The maximum atomic E-state index is 13.7. The van der Waals surface area contributed by atoms with Gasteiger partial charge < -0.3 is 25.8 Å². The predicted molar refractivity (Wildman–Crippen MR) is 109 cm³/mol. The summed E-state index contributed by atoms with van der Waals surface area (Å²) in [6, 6.07) is 2.33. The zero-order chi connectivity index (χ0) is 24.5. The molecule has 2 fully saturated rings. The molecule has 0 aliphatic carbocycles. The van der Waals surface area contributed by atoms with Crippen LogP contribution in [-0.4, -0.2) is 53.6 Å². The maximum Gasteiger partial charge on any atom is 0.322 e. The van der Waals surface area contributed by atoms with Gasteiger partial charge in [0, 0.05) is 30.9 Å². The van der Waals surface area contributed by atoms with E-state index in [9.17, 15) is 32.4 Å². The molecule has 176 valence electrons. The Kier molecular flexibility index (Phi) is 6.73. The zero-order valence-electron chi connectivity index (χ0n) is 18.0. The second-order valence-electron chi connectivity index (χ2n) is 8.39. The van der Waals surface area contributed by atoms with Crippen LogP contribution in [0.25, 0.3) is 0 Å². The van der Waals surface area contributed by atoms with Gasteiger partial charge in [0.2, 0.25) is 5.91 Å². The van der Waals surface area contributed by atoms with Crippen LogP contribution in [0.15, 0.2) is 23.5 Å². The summed E-state index contributed by atoms with van der Waals surface area (Å²) in [5, 5.41) is 21.2. The molecule has 3 rings (SSSR count). The summed E-state index contributed by atoms with van der Waals surface area (Å²) in [7, 11) is 0. The molecule has 2 aliphatic heterocycles. The lowest BCUT2D eigenvalue weighted by molar-refractivity contribution is -0.621. The Balaban J connectivity index is 1.85. The summed E-state index contributed by atoms with van der Waals surface area (Å²) in [5.41, 5.74) is -1.61. The first-order chi connectivity index (χ1) is 15.5. The monoisotopic (exact) mass is 467 g/mol. The minimum absolute atomic E-state index is 0.0112. The Morgan fingerprint density at radius 3 is 2.70 bits per heavy atom. The topological polar surface area (TPSA) is 117 Å². The van der Waals surface area contributed by atoms with Crippen molar-refractivity contribution in [3.05, 3.63) is 40.7 Å². The molecule has 4 N–H and O–H groups in total. The fourth-order valence-electron chi connectivity index (χ4n) is 3.90. The van der Waals surface area contributed by atoms with E-state index >= 15 is 0 Å². The van der Waals surface area contributed by atoms with Crippen LogP contribution in [0.5, 0.6) is 0 Å². The van der Waals surface area contributed by atoms with Gasteiger partial charge in [-0.05, 0) is 19.9 Å². The van der Waals surface area contributed by atoms with Gasteiger partial charge in [0.1, 0.15) is 12.2 Å². The average molecular weight is 467 g/mol. The molecule has 8 nitrogen and oxygen atoms in total. The van der Waals surface area contributed by atoms with Crippen LogP contribution in [0.4, 0.5) is 28.0 Å². The van der Waals surface area contributed by atoms with Gasteiger partial charge in [0.05, 0.1) is 29.6 Å². The number of nitriles is 1. The molecule has 0 saturated carbocycles. The first-order valence-corrected chi connectivity index (χ1v) is 10.1. The normalized spacial score (nSPS) is 24.7. The number of carbonyl (C=O) groups excluding carboxylic acids is 2. The Hall–Kier alpha value is -3.46. The van der Waals surface area contributed by atoms with Gasteiger partial charge in [-0.15, -0.1) is 0 Å².